The van der Waals surface area contributed by atoms with Crippen LogP contribution in [0.25, 0.3) is 0 Å². The van der Waals surface area contributed by atoms with Crippen LogP contribution in [0.1, 0.15) is 51.4 Å². The number of hydrogen-bond donors (Lipinski definition) is 2. The number of nitrogens with zero attached hydrogens (tertiary/aromatic N) is 3. The molecule has 1 saturated carbocycles. The second-order valence-corrected chi connectivity index (χ2v) is 9.88. The molecule has 0 radical (unpaired) electrons. The fraction of sp³-hybridized carbons (Fsp3) is 0.737. The molecule has 162 valence electrons. The van der Waals surface area contributed by atoms with Crippen molar-refractivity contribution in [1.29, 1.82) is 0 Å². The van der Waals surface area contributed by atoms with E-state index in [1.165, 1.54) is 16.8 Å². The van der Waals surface area contributed by atoms with Crippen LogP contribution in [0.4, 0.5) is 0 Å². The van der Waals surface area contributed by atoms with Gasteiger partial charge in [0.05, 0.1) is 6.33 Å². The van der Waals surface area contributed by atoms with Gasteiger partial charge in [-0.1, -0.05) is 12.8 Å². The monoisotopic (exact) mass is 425 g/mol. The van der Waals surface area contributed by atoms with Crippen molar-refractivity contribution < 1.29 is 18.0 Å². The normalized spacial score (nSPS) is 23.3. The van der Waals surface area contributed by atoms with Gasteiger partial charge in [0.25, 0.3) is 10.0 Å². The molecule has 2 aliphatic rings. The molecule has 0 aromatic carbocycles. The molecule has 1 aromatic heterocycles. The Hall–Kier alpha value is -1.94. The quantitative estimate of drug-likeness (QED) is 0.740. The Morgan fingerprint density at radius 1 is 1.17 bits per heavy atom. The van der Waals surface area contributed by atoms with E-state index in [9.17, 15) is 18.0 Å². The topological polar surface area (TPSA) is 113 Å². The lowest BCUT2D eigenvalue weighted by molar-refractivity contribution is -0.126. The molecule has 2 fully saturated rings. The van der Waals surface area contributed by atoms with Gasteiger partial charge in [-0.3, -0.25) is 9.59 Å². The zero-order chi connectivity index (χ0) is 20.9. The number of sulfonamides is 1. The lowest BCUT2D eigenvalue weighted by atomic mass is 9.97. The van der Waals surface area contributed by atoms with Crippen molar-refractivity contribution in [2.45, 2.75) is 62.4 Å². The predicted octanol–water partition coefficient (Wildman–Crippen LogP) is 0.776. The minimum Gasteiger partial charge on any atom is -0.356 e. The molecule has 2 heterocycles. The Morgan fingerprint density at radius 3 is 2.62 bits per heavy atom. The molecule has 2 N–H and O–H groups in total. The summed E-state index contributed by atoms with van der Waals surface area (Å²) < 4.78 is 28.8. The van der Waals surface area contributed by atoms with Crippen LogP contribution in [0.3, 0.4) is 0 Å². The van der Waals surface area contributed by atoms with Crippen LogP contribution < -0.4 is 10.6 Å². The maximum Gasteiger partial charge on any atom is 0.262 e. The fourth-order valence-electron chi connectivity index (χ4n) is 4.02. The van der Waals surface area contributed by atoms with Crippen molar-refractivity contribution in [2.24, 2.45) is 13.0 Å². The van der Waals surface area contributed by atoms with Gasteiger partial charge in [-0.2, -0.15) is 4.31 Å². The van der Waals surface area contributed by atoms with E-state index in [0.717, 1.165) is 25.7 Å². The van der Waals surface area contributed by atoms with Crippen LogP contribution in [0, 0.1) is 5.92 Å². The average molecular weight is 426 g/mol. The first-order valence-corrected chi connectivity index (χ1v) is 11.9. The van der Waals surface area contributed by atoms with Crippen LogP contribution in [0.5, 0.6) is 0 Å². The van der Waals surface area contributed by atoms with Crippen LogP contribution in [0.15, 0.2) is 17.6 Å². The van der Waals surface area contributed by atoms with Gasteiger partial charge >= 0.3 is 0 Å². The second-order valence-electron chi connectivity index (χ2n) is 8.00. The Morgan fingerprint density at radius 2 is 1.93 bits per heavy atom. The van der Waals surface area contributed by atoms with E-state index in [4.69, 9.17) is 0 Å². The minimum atomic E-state index is -3.78. The van der Waals surface area contributed by atoms with Crippen LogP contribution in [-0.4, -0.2) is 59.8 Å². The summed E-state index contributed by atoms with van der Waals surface area (Å²) in [5, 5.41) is 5.93. The molecule has 0 spiro atoms. The summed E-state index contributed by atoms with van der Waals surface area (Å²) in [5.74, 6) is -0.416. The number of carbonyl (C=O) groups is 2. The number of carbonyl (C=O) groups excluding carboxylic acids is 2. The molecule has 2 amide bonds. The highest BCUT2D eigenvalue weighted by Gasteiger charge is 2.29. The fourth-order valence-corrected chi connectivity index (χ4v) is 5.46. The van der Waals surface area contributed by atoms with Gasteiger partial charge in [0.15, 0.2) is 5.03 Å². The van der Waals surface area contributed by atoms with Crippen LogP contribution in [0.2, 0.25) is 0 Å². The van der Waals surface area contributed by atoms with Gasteiger partial charge < -0.3 is 15.2 Å². The van der Waals surface area contributed by atoms with E-state index in [1.807, 2.05) is 0 Å². The molecule has 0 bridgehead atoms. The number of aryl methyl sites for hydroxylation is 1. The molecule has 10 heteroatoms. The summed E-state index contributed by atoms with van der Waals surface area (Å²) in [6.07, 6.45) is 9.02. The lowest BCUT2D eigenvalue weighted by Crippen LogP contribution is -2.39. The minimum absolute atomic E-state index is 0.0181. The molecule has 1 atom stereocenters. The number of amides is 2. The third-order valence-corrected chi connectivity index (χ3v) is 7.51. The first-order valence-electron chi connectivity index (χ1n) is 10.4. The van der Waals surface area contributed by atoms with Crippen molar-refractivity contribution in [2.75, 3.05) is 19.6 Å². The first kappa shape index (κ1) is 21.8. The van der Waals surface area contributed by atoms with Gasteiger partial charge in [-0.25, -0.2) is 13.4 Å². The number of nitrogens with one attached hydrogen (secondary N) is 2. The summed E-state index contributed by atoms with van der Waals surface area (Å²) in [6, 6.07) is 0.247. The molecule has 1 unspecified atom stereocenters. The highest BCUT2D eigenvalue weighted by atomic mass is 32.2. The summed E-state index contributed by atoms with van der Waals surface area (Å²) in [6.45, 7) is 0.789. The molecule has 1 aromatic rings. The number of imidazole rings is 1. The predicted molar refractivity (Wildman–Crippen MR) is 107 cm³/mol. The number of hydrogen-bond acceptors (Lipinski definition) is 5. The lowest BCUT2D eigenvalue weighted by Gasteiger charge is -2.22. The van der Waals surface area contributed by atoms with E-state index in [1.54, 1.807) is 11.6 Å². The van der Waals surface area contributed by atoms with Gasteiger partial charge in [-0.05, 0) is 32.1 Å². The largest absolute Gasteiger partial charge is 0.356 e. The van der Waals surface area contributed by atoms with Crippen LogP contribution in [-0.2, 0) is 26.7 Å². The van der Waals surface area contributed by atoms with Gasteiger partial charge in [0, 0.05) is 51.3 Å². The summed E-state index contributed by atoms with van der Waals surface area (Å²) in [5.41, 5.74) is 0. The molecule has 1 saturated heterocycles. The zero-order valence-electron chi connectivity index (χ0n) is 17.0. The standard InChI is InChI=1S/C19H31N5O4S/c1-23-13-18(21-14-23)29(27,28)24-11-4-5-15(8-10-20-17(25)9-12-24)19(26)22-16-6-2-3-7-16/h13-16H,2-12H2,1H3,(H,20,25)(H,22,26). The van der Waals surface area contributed by atoms with Crippen molar-refractivity contribution in [1.82, 2.24) is 24.5 Å². The molecular formula is C19H31N5O4S. The van der Waals surface area contributed by atoms with Gasteiger partial charge in [0.2, 0.25) is 11.8 Å². The van der Waals surface area contributed by atoms with E-state index in [0.29, 0.717) is 25.8 Å². The van der Waals surface area contributed by atoms with Gasteiger partial charge in [0.1, 0.15) is 0 Å². The molecule has 3 rings (SSSR count). The Bertz CT molecular complexity index is 816. The molecule has 1 aliphatic carbocycles. The number of rotatable bonds is 4. The Kier molecular flexibility index (Phi) is 7.28. The second kappa shape index (κ2) is 9.71. The van der Waals surface area contributed by atoms with Gasteiger partial charge in [-0.15, -0.1) is 0 Å². The SMILES string of the molecule is Cn1cnc(S(=O)(=O)N2CCCC(C(=O)NC3CCCC3)CCNC(=O)CC2)c1. The Balaban J connectivity index is 1.68. The highest BCUT2D eigenvalue weighted by Crippen LogP contribution is 2.21. The van der Waals surface area contributed by atoms with E-state index < -0.39 is 10.0 Å². The molecule has 29 heavy (non-hydrogen) atoms. The maximum absolute atomic E-state index is 12.9. The first-order chi connectivity index (χ1) is 13.9. The third kappa shape index (κ3) is 5.79. The van der Waals surface area contributed by atoms with E-state index in [2.05, 4.69) is 15.6 Å². The highest BCUT2D eigenvalue weighted by molar-refractivity contribution is 7.89. The zero-order valence-corrected chi connectivity index (χ0v) is 17.8. The van der Waals surface area contributed by atoms with E-state index >= 15 is 0 Å². The molecule has 1 aliphatic heterocycles. The third-order valence-electron chi connectivity index (χ3n) is 5.72. The smallest absolute Gasteiger partial charge is 0.262 e. The summed E-state index contributed by atoms with van der Waals surface area (Å²) >= 11 is 0. The van der Waals surface area contributed by atoms with Crippen molar-refractivity contribution in [3.63, 3.8) is 0 Å². The Labute approximate surface area is 172 Å². The number of aromatic nitrogens is 2. The summed E-state index contributed by atoms with van der Waals surface area (Å²) in [4.78, 5) is 28.8. The van der Waals surface area contributed by atoms with E-state index in [-0.39, 0.29) is 48.3 Å². The van der Waals surface area contributed by atoms with Crippen molar-refractivity contribution >= 4 is 21.8 Å². The average Bonchev–Trinajstić information content (AvgIpc) is 3.33. The molecular weight excluding hydrogens is 394 g/mol. The molecule has 9 nitrogen and oxygen atoms in total. The maximum atomic E-state index is 12.9. The van der Waals surface area contributed by atoms with Crippen molar-refractivity contribution in [3.05, 3.63) is 12.5 Å². The summed E-state index contributed by atoms with van der Waals surface area (Å²) in [7, 11) is -2.07. The van der Waals surface area contributed by atoms with Crippen molar-refractivity contribution in [3.8, 4) is 0 Å². The van der Waals surface area contributed by atoms with Crippen LogP contribution >= 0.6 is 0 Å².